The summed E-state index contributed by atoms with van der Waals surface area (Å²) < 4.78 is 5.00. The second kappa shape index (κ2) is 5.34. The summed E-state index contributed by atoms with van der Waals surface area (Å²) in [5.74, 6) is -0.348. The maximum absolute atomic E-state index is 11.2. The summed E-state index contributed by atoms with van der Waals surface area (Å²) in [6.45, 7) is 2.42. The number of aromatic nitrogens is 1. The normalized spacial score (nSPS) is 12.5. The van der Waals surface area contributed by atoms with Gasteiger partial charge in [-0.05, 0) is 6.42 Å². The molecule has 1 aromatic rings. The molecule has 0 radical (unpaired) electrons. The first-order chi connectivity index (χ1) is 6.24. The van der Waals surface area contributed by atoms with Crippen molar-refractivity contribution in [3.63, 3.8) is 0 Å². The van der Waals surface area contributed by atoms with Crippen LogP contribution in [0.15, 0.2) is 10.9 Å². The summed E-state index contributed by atoms with van der Waals surface area (Å²) >= 11 is 4.76. The summed E-state index contributed by atoms with van der Waals surface area (Å²) in [7, 11) is 0. The average Bonchev–Trinajstić information content (AvgIpc) is 2.66. The second-order valence-corrected chi connectivity index (χ2v) is 4.49. The Labute approximate surface area is 89.3 Å². The number of rotatable bonds is 4. The van der Waals surface area contributed by atoms with Gasteiger partial charge in [0.1, 0.15) is 6.61 Å². The van der Waals surface area contributed by atoms with Crippen molar-refractivity contribution in [2.75, 3.05) is 6.61 Å². The van der Waals surface area contributed by atoms with Crippen molar-refractivity contribution in [3.8, 4) is 0 Å². The maximum Gasteiger partial charge on any atom is 0.357 e. The van der Waals surface area contributed by atoms with Gasteiger partial charge in [-0.1, -0.05) is 22.9 Å². The molecule has 13 heavy (non-hydrogen) atoms. The number of thiazole rings is 1. The Morgan fingerprint density at radius 2 is 2.62 bits per heavy atom. The van der Waals surface area contributed by atoms with Crippen LogP contribution < -0.4 is 0 Å². The van der Waals surface area contributed by atoms with Gasteiger partial charge in [0.2, 0.25) is 0 Å². The Kier molecular flexibility index (Phi) is 4.38. The number of alkyl halides is 1. The molecule has 0 aliphatic heterocycles. The fourth-order valence-electron chi connectivity index (χ4n) is 0.671. The van der Waals surface area contributed by atoms with Gasteiger partial charge in [-0.15, -0.1) is 11.3 Å². The van der Waals surface area contributed by atoms with E-state index in [1.54, 1.807) is 10.9 Å². The molecular formula is C8H10BrNO2S. The fourth-order valence-corrected chi connectivity index (χ4v) is 1.32. The molecular weight excluding hydrogens is 254 g/mol. The Morgan fingerprint density at radius 3 is 3.15 bits per heavy atom. The van der Waals surface area contributed by atoms with Crippen molar-refractivity contribution < 1.29 is 9.53 Å². The van der Waals surface area contributed by atoms with Crippen molar-refractivity contribution in [2.24, 2.45) is 0 Å². The van der Waals surface area contributed by atoms with E-state index in [-0.39, 0.29) is 10.8 Å². The zero-order chi connectivity index (χ0) is 9.68. The molecule has 0 aliphatic carbocycles. The quantitative estimate of drug-likeness (QED) is 0.619. The maximum atomic E-state index is 11.2. The van der Waals surface area contributed by atoms with Gasteiger partial charge in [0, 0.05) is 10.2 Å². The largest absolute Gasteiger partial charge is 0.460 e. The van der Waals surface area contributed by atoms with Crippen molar-refractivity contribution in [3.05, 3.63) is 16.6 Å². The fraction of sp³-hybridized carbons (Fsp3) is 0.500. The van der Waals surface area contributed by atoms with Crippen LogP contribution in [0.5, 0.6) is 0 Å². The van der Waals surface area contributed by atoms with Crippen molar-refractivity contribution in [1.82, 2.24) is 4.98 Å². The number of carbonyl (C=O) groups excluding carboxylic acids is 1. The van der Waals surface area contributed by atoms with Gasteiger partial charge in [0.05, 0.1) is 5.51 Å². The number of esters is 1. The summed E-state index contributed by atoms with van der Waals surface area (Å²) in [5.41, 5.74) is 2.00. The van der Waals surface area contributed by atoms with E-state index in [9.17, 15) is 4.79 Å². The van der Waals surface area contributed by atoms with Gasteiger partial charge in [0.15, 0.2) is 5.69 Å². The van der Waals surface area contributed by atoms with E-state index in [0.29, 0.717) is 12.3 Å². The molecule has 72 valence electrons. The van der Waals surface area contributed by atoms with Crippen molar-refractivity contribution >= 4 is 33.2 Å². The molecule has 0 saturated carbocycles. The minimum atomic E-state index is -0.348. The standard InChI is InChI=1S/C8H10BrNO2S/c1-2-6(9)3-12-8(11)7-4-13-5-10-7/h4-6H,2-3H2,1H3. The predicted octanol–water partition coefficient (Wildman–Crippen LogP) is 2.47. The zero-order valence-corrected chi connectivity index (χ0v) is 9.60. The first-order valence-corrected chi connectivity index (χ1v) is 5.79. The Hall–Kier alpha value is -0.420. The lowest BCUT2D eigenvalue weighted by molar-refractivity contribution is 0.0501. The molecule has 0 aliphatic rings. The third-order valence-electron chi connectivity index (χ3n) is 1.48. The summed E-state index contributed by atoms with van der Waals surface area (Å²) in [6, 6.07) is 0. The first kappa shape index (κ1) is 10.7. The van der Waals surface area contributed by atoms with Crippen LogP contribution in [0.25, 0.3) is 0 Å². The lowest BCUT2D eigenvalue weighted by Crippen LogP contribution is -2.13. The molecule has 0 bridgehead atoms. The molecule has 1 rings (SSSR count). The topological polar surface area (TPSA) is 39.2 Å². The minimum Gasteiger partial charge on any atom is -0.460 e. The van der Waals surface area contributed by atoms with Crippen LogP contribution in [0.3, 0.4) is 0 Å². The second-order valence-electron chi connectivity index (χ2n) is 2.48. The number of nitrogens with zero attached hydrogens (tertiary/aromatic N) is 1. The SMILES string of the molecule is CCC(Br)COC(=O)c1cscn1. The number of halogens is 1. The van der Waals surface area contributed by atoms with Crippen LogP contribution in [-0.2, 0) is 4.74 Å². The van der Waals surface area contributed by atoms with E-state index in [1.807, 2.05) is 6.92 Å². The van der Waals surface area contributed by atoms with Gasteiger partial charge >= 0.3 is 5.97 Å². The highest BCUT2D eigenvalue weighted by atomic mass is 79.9. The molecule has 0 spiro atoms. The number of hydrogen-bond acceptors (Lipinski definition) is 4. The molecule has 0 amide bonds. The molecule has 0 N–H and O–H groups in total. The van der Waals surface area contributed by atoms with Crippen molar-refractivity contribution in [2.45, 2.75) is 18.2 Å². The Bertz CT molecular complexity index is 263. The van der Waals surface area contributed by atoms with Crippen LogP contribution in [0.1, 0.15) is 23.8 Å². The van der Waals surface area contributed by atoms with E-state index in [1.165, 1.54) is 11.3 Å². The summed E-state index contributed by atoms with van der Waals surface area (Å²) in [6.07, 6.45) is 0.935. The highest BCUT2D eigenvalue weighted by Gasteiger charge is 2.10. The van der Waals surface area contributed by atoms with Gasteiger partial charge in [0.25, 0.3) is 0 Å². The van der Waals surface area contributed by atoms with Gasteiger partial charge in [-0.3, -0.25) is 0 Å². The van der Waals surface area contributed by atoms with E-state index in [0.717, 1.165) is 6.42 Å². The van der Waals surface area contributed by atoms with E-state index in [4.69, 9.17) is 4.74 Å². The van der Waals surface area contributed by atoms with Crippen LogP contribution >= 0.6 is 27.3 Å². The number of ether oxygens (including phenoxy) is 1. The third-order valence-corrected chi connectivity index (χ3v) is 2.98. The highest BCUT2D eigenvalue weighted by molar-refractivity contribution is 9.09. The molecule has 1 unspecified atom stereocenters. The smallest absolute Gasteiger partial charge is 0.357 e. The van der Waals surface area contributed by atoms with Crippen LogP contribution in [-0.4, -0.2) is 22.4 Å². The lowest BCUT2D eigenvalue weighted by Gasteiger charge is -2.06. The van der Waals surface area contributed by atoms with Crippen LogP contribution in [0, 0.1) is 0 Å². The highest BCUT2D eigenvalue weighted by Crippen LogP contribution is 2.07. The van der Waals surface area contributed by atoms with Gasteiger partial charge in [-0.25, -0.2) is 9.78 Å². The average molecular weight is 264 g/mol. The van der Waals surface area contributed by atoms with E-state index >= 15 is 0 Å². The minimum absolute atomic E-state index is 0.232. The molecule has 5 heteroatoms. The lowest BCUT2D eigenvalue weighted by atomic mass is 10.3. The first-order valence-electron chi connectivity index (χ1n) is 3.93. The van der Waals surface area contributed by atoms with Gasteiger partial charge in [-0.2, -0.15) is 0 Å². The number of carbonyl (C=O) groups is 1. The van der Waals surface area contributed by atoms with Crippen molar-refractivity contribution in [1.29, 1.82) is 0 Å². The zero-order valence-electron chi connectivity index (χ0n) is 7.20. The molecule has 0 saturated heterocycles. The molecule has 3 nitrogen and oxygen atoms in total. The molecule has 1 aromatic heterocycles. The summed E-state index contributed by atoms with van der Waals surface area (Å²) in [4.78, 5) is 15.3. The third kappa shape index (κ3) is 3.44. The van der Waals surface area contributed by atoms with Crippen LogP contribution in [0.2, 0.25) is 0 Å². The Balaban J connectivity index is 2.35. The van der Waals surface area contributed by atoms with E-state index < -0.39 is 0 Å². The molecule has 1 atom stereocenters. The molecule has 0 aromatic carbocycles. The number of hydrogen-bond donors (Lipinski definition) is 0. The van der Waals surface area contributed by atoms with E-state index in [2.05, 4.69) is 20.9 Å². The summed E-state index contributed by atoms with van der Waals surface area (Å²) in [5, 5.41) is 1.68. The van der Waals surface area contributed by atoms with Gasteiger partial charge < -0.3 is 4.74 Å². The molecule has 1 heterocycles. The molecule has 0 fully saturated rings. The van der Waals surface area contributed by atoms with Crippen LogP contribution in [0.4, 0.5) is 0 Å². The Morgan fingerprint density at radius 1 is 1.85 bits per heavy atom. The monoisotopic (exact) mass is 263 g/mol. The predicted molar refractivity (Wildman–Crippen MR) is 55.4 cm³/mol.